The Balaban J connectivity index is 2.60. The van der Waals surface area contributed by atoms with E-state index >= 15 is 0 Å². The number of hydrogen-bond donors (Lipinski definition) is 0. The first-order valence-electron chi connectivity index (χ1n) is 6.39. The summed E-state index contributed by atoms with van der Waals surface area (Å²) in [7, 11) is 2.20. The SMILES string of the molecule is CC(C)c1ccc2c(c1C(C)C)CCN2C. The summed E-state index contributed by atoms with van der Waals surface area (Å²) in [5, 5.41) is 0. The number of hydrogen-bond acceptors (Lipinski definition) is 1. The highest BCUT2D eigenvalue weighted by atomic mass is 15.1. The van der Waals surface area contributed by atoms with Gasteiger partial charge in [0, 0.05) is 19.3 Å². The Labute approximate surface area is 99.5 Å². The van der Waals surface area contributed by atoms with Gasteiger partial charge in [0.05, 0.1) is 0 Å². The minimum atomic E-state index is 0.633. The highest BCUT2D eigenvalue weighted by Crippen LogP contribution is 2.38. The molecule has 1 nitrogen and oxygen atoms in total. The second-order valence-electron chi connectivity index (χ2n) is 5.55. The lowest BCUT2D eigenvalue weighted by molar-refractivity contribution is 0.780. The zero-order chi connectivity index (χ0) is 11.9. The summed E-state index contributed by atoms with van der Waals surface area (Å²) in [6.07, 6.45) is 1.22. The fourth-order valence-electron chi connectivity index (χ4n) is 2.88. The van der Waals surface area contributed by atoms with Gasteiger partial charge < -0.3 is 4.90 Å². The Morgan fingerprint density at radius 1 is 1.06 bits per heavy atom. The van der Waals surface area contributed by atoms with Crippen LogP contribution in [-0.2, 0) is 6.42 Å². The number of nitrogens with zero attached hydrogens (tertiary/aromatic N) is 1. The molecule has 2 rings (SSSR count). The minimum Gasteiger partial charge on any atom is -0.374 e. The molecule has 1 aliphatic heterocycles. The van der Waals surface area contributed by atoms with Gasteiger partial charge in [-0.3, -0.25) is 0 Å². The van der Waals surface area contributed by atoms with Crippen molar-refractivity contribution in [2.75, 3.05) is 18.5 Å². The Bertz CT molecular complexity index is 391. The van der Waals surface area contributed by atoms with Crippen LogP contribution in [0.3, 0.4) is 0 Å². The normalized spacial score (nSPS) is 15.1. The molecule has 1 heterocycles. The van der Waals surface area contributed by atoms with Crippen molar-refractivity contribution in [2.24, 2.45) is 0 Å². The number of anilines is 1. The Hall–Kier alpha value is -0.980. The second-order valence-corrected chi connectivity index (χ2v) is 5.55. The lowest BCUT2D eigenvalue weighted by Gasteiger charge is -2.21. The number of fused-ring (bicyclic) bond motifs is 1. The van der Waals surface area contributed by atoms with E-state index in [1.807, 2.05) is 0 Å². The van der Waals surface area contributed by atoms with Crippen LogP contribution in [0.4, 0.5) is 5.69 Å². The van der Waals surface area contributed by atoms with E-state index < -0.39 is 0 Å². The molecule has 0 aromatic heterocycles. The van der Waals surface area contributed by atoms with Crippen molar-refractivity contribution in [1.82, 2.24) is 0 Å². The zero-order valence-electron chi connectivity index (χ0n) is 11.2. The van der Waals surface area contributed by atoms with Crippen LogP contribution >= 0.6 is 0 Å². The summed E-state index contributed by atoms with van der Waals surface area (Å²) < 4.78 is 0. The van der Waals surface area contributed by atoms with Gasteiger partial charge in [-0.1, -0.05) is 33.8 Å². The van der Waals surface area contributed by atoms with E-state index in [4.69, 9.17) is 0 Å². The van der Waals surface area contributed by atoms with E-state index in [0.29, 0.717) is 11.8 Å². The van der Waals surface area contributed by atoms with Gasteiger partial charge >= 0.3 is 0 Å². The molecule has 0 amide bonds. The molecule has 0 N–H and O–H groups in total. The highest BCUT2D eigenvalue weighted by Gasteiger charge is 2.23. The molecule has 1 heteroatoms. The van der Waals surface area contributed by atoms with Crippen molar-refractivity contribution in [3.8, 4) is 0 Å². The fourth-order valence-corrected chi connectivity index (χ4v) is 2.88. The molecule has 0 saturated heterocycles. The predicted molar refractivity (Wildman–Crippen MR) is 71.6 cm³/mol. The quantitative estimate of drug-likeness (QED) is 0.725. The largest absolute Gasteiger partial charge is 0.374 e. The standard InChI is InChI=1S/C15H23N/c1-10(2)12-6-7-14-13(8-9-16(14)5)15(12)11(3)4/h6-7,10-11H,8-9H2,1-5H3. The summed E-state index contributed by atoms with van der Waals surface area (Å²) in [5.74, 6) is 1.27. The topological polar surface area (TPSA) is 3.24 Å². The summed E-state index contributed by atoms with van der Waals surface area (Å²) in [5.41, 5.74) is 6.21. The van der Waals surface area contributed by atoms with E-state index in [0.717, 1.165) is 0 Å². The van der Waals surface area contributed by atoms with Crippen molar-refractivity contribution in [3.05, 3.63) is 28.8 Å². The van der Waals surface area contributed by atoms with Crippen LogP contribution < -0.4 is 4.90 Å². The average Bonchev–Trinajstić information content (AvgIpc) is 2.58. The van der Waals surface area contributed by atoms with Crippen molar-refractivity contribution in [2.45, 2.75) is 46.0 Å². The van der Waals surface area contributed by atoms with E-state index in [1.165, 1.54) is 18.7 Å². The fraction of sp³-hybridized carbons (Fsp3) is 0.600. The zero-order valence-corrected chi connectivity index (χ0v) is 11.2. The number of likely N-dealkylation sites (N-methyl/N-ethyl adjacent to an activating group) is 1. The van der Waals surface area contributed by atoms with Gasteiger partial charge in [0.2, 0.25) is 0 Å². The maximum absolute atomic E-state index is 2.38. The van der Waals surface area contributed by atoms with Gasteiger partial charge in [-0.25, -0.2) is 0 Å². The summed E-state index contributed by atoms with van der Waals surface area (Å²) >= 11 is 0. The molecule has 0 aliphatic carbocycles. The van der Waals surface area contributed by atoms with Crippen molar-refractivity contribution in [1.29, 1.82) is 0 Å². The lowest BCUT2D eigenvalue weighted by atomic mass is 9.86. The van der Waals surface area contributed by atoms with Crippen LogP contribution in [-0.4, -0.2) is 13.6 Å². The molecule has 0 bridgehead atoms. The first-order valence-corrected chi connectivity index (χ1v) is 6.39. The van der Waals surface area contributed by atoms with Crippen LogP contribution in [0.1, 0.15) is 56.2 Å². The summed E-state index contributed by atoms with van der Waals surface area (Å²) in [4.78, 5) is 2.38. The molecule has 88 valence electrons. The Morgan fingerprint density at radius 2 is 1.75 bits per heavy atom. The third-order valence-corrected chi connectivity index (χ3v) is 3.67. The Kier molecular flexibility index (Phi) is 2.96. The predicted octanol–water partition coefficient (Wildman–Crippen LogP) is 3.93. The van der Waals surface area contributed by atoms with Gasteiger partial charge in [-0.15, -0.1) is 0 Å². The smallest absolute Gasteiger partial charge is 0.0400 e. The second kappa shape index (κ2) is 4.12. The van der Waals surface area contributed by atoms with Crippen LogP contribution in [0, 0.1) is 0 Å². The molecule has 0 saturated carbocycles. The number of benzene rings is 1. The molecule has 1 aliphatic rings. The van der Waals surface area contributed by atoms with E-state index in [1.54, 1.807) is 16.7 Å². The molecule has 16 heavy (non-hydrogen) atoms. The van der Waals surface area contributed by atoms with Crippen LogP contribution in [0.5, 0.6) is 0 Å². The van der Waals surface area contributed by atoms with Crippen LogP contribution in [0.2, 0.25) is 0 Å². The molecule has 0 spiro atoms. The average molecular weight is 217 g/mol. The summed E-state index contributed by atoms with van der Waals surface area (Å²) in [6.45, 7) is 10.4. The lowest BCUT2D eigenvalue weighted by Crippen LogP contribution is -2.12. The third kappa shape index (κ3) is 1.73. The van der Waals surface area contributed by atoms with Crippen molar-refractivity contribution >= 4 is 5.69 Å². The summed E-state index contributed by atoms with van der Waals surface area (Å²) in [6, 6.07) is 4.64. The van der Waals surface area contributed by atoms with Crippen molar-refractivity contribution < 1.29 is 0 Å². The van der Waals surface area contributed by atoms with Gasteiger partial charge in [-0.2, -0.15) is 0 Å². The molecule has 0 fully saturated rings. The molecular formula is C15H23N. The minimum absolute atomic E-state index is 0.633. The first kappa shape index (κ1) is 11.5. The molecule has 0 radical (unpaired) electrons. The van der Waals surface area contributed by atoms with Gasteiger partial charge in [0.1, 0.15) is 0 Å². The molecule has 1 aromatic carbocycles. The third-order valence-electron chi connectivity index (χ3n) is 3.67. The van der Waals surface area contributed by atoms with Gasteiger partial charge in [0.25, 0.3) is 0 Å². The number of rotatable bonds is 2. The molecular weight excluding hydrogens is 194 g/mol. The molecule has 0 atom stereocenters. The van der Waals surface area contributed by atoms with E-state index in [9.17, 15) is 0 Å². The molecule has 1 aromatic rings. The van der Waals surface area contributed by atoms with Gasteiger partial charge in [-0.05, 0) is 41.0 Å². The maximum Gasteiger partial charge on any atom is 0.0400 e. The maximum atomic E-state index is 2.38. The first-order chi connectivity index (χ1) is 7.52. The highest BCUT2D eigenvalue weighted by molar-refractivity contribution is 5.63. The van der Waals surface area contributed by atoms with Crippen LogP contribution in [0.25, 0.3) is 0 Å². The monoisotopic (exact) mass is 217 g/mol. The van der Waals surface area contributed by atoms with Crippen molar-refractivity contribution in [3.63, 3.8) is 0 Å². The molecule has 0 unspecified atom stereocenters. The van der Waals surface area contributed by atoms with E-state index in [-0.39, 0.29) is 0 Å². The van der Waals surface area contributed by atoms with Crippen LogP contribution in [0.15, 0.2) is 12.1 Å². The van der Waals surface area contributed by atoms with Gasteiger partial charge in [0.15, 0.2) is 0 Å². The van der Waals surface area contributed by atoms with E-state index in [2.05, 4.69) is 51.8 Å². The Morgan fingerprint density at radius 3 is 2.31 bits per heavy atom.